The van der Waals surface area contributed by atoms with Gasteiger partial charge in [-0.15, -0.1) is 0 Å². The largest absolute Gasteiger partial charge is 0.470 e. The van der Waals surface area contributed by atoms with Crippen molar-refractivity contribution in [2.45, 2.75) is 110 Å². The molecule has 2 aliphatic rings. The highest BCUT2D eigenvalue weighted by atomic mass is 16.5. The first-order valence-electron chi connectivity index (χ1n) is 22.2. The third-order valence-electron chi connectivity index (χ3n) is 12.3. The monoisotopic (exact) mass is 902 g/mol. The van der Waals surface area contributed by atoms with Gasteiger partial charge in [-0.05, 0) is 49.4 Å². The number of aliphatic hydroxyl groups is 1. The van der Waals surface area contributed by atoms with Gasteiger partial charge in [-0.3, -0.25) is 19.2 Å². The SMILES string of the molecule is CC[C@@H](C(=O)N1C[C@H](Oc2cc([C@H](C(=O)N3C[C@H](O)C[C@H]3C(=O)NCc3ccc(-c4ocnc4C)cc3)C(C)C)on2)C[C@H]1C(=O)NCc1ccc(-c2ocnc2C)cc1)c1cc(C)no1. The summed E-state index contributed by atoms with van der Waals surface area (Å²) in [5.41, 5.74) is 5.58. The number of oxazole rings is 2. The van der Waals surface area contributed by atoms with Crippen molar-refractivity contribution in [1.29, 1.82) is 0 Å². The third kappa shape index (κ3) is 9.78. The molecule has 6 aromatic rings. The van der Waals surface area contributed by atoms with Crippen LogP contribution in [0.4, 0.5) is 0 Å². The second kappa shape index (κ2) is 19.6. The van der Waals surface area contributed by atoms with E-state index in [1.54, 1.807) is 13.0 Å². The molecule has 4 aromatic heterocycles. The summed E-state index contributed by atoms with van der Waals surface area (Å²) >= 11 is 0. The molecule has 4 amide bonds. The summed E-state index contributed by atoms with van der Waals surface area (Å²) in [4.78, 5) is 67.4. The number of carbonyl (C=O) groups is 4. The van der Waals surface area contributed by atoms with Gasteiger partial charge in [-0.2, -0.15) is 0 Å². The van der Waals surface area contributed by atoms with Gasteiger partial charge >= 0.3 is 0 Å². The maximum Gasteiger partial charge on any atom is 0.254 e. The van der Waals surface area contributed by atoms with Crippen LogP contribution in [0.1, 0.15) is 91.6 Å². The van der Waals surface area contributed by atoms with Crippen LogP contribution in [-0.4, -0.2) is 96.2 Å². The molecule has 3 N–H and O–H groups in total. The molecule has 0 aliphatic carbocycles. The molecule has 2 fully saturated rings. The Hall–Kier alpha value is -7.08. The Morgan fingerprint density at radius 1 is 0.742 bits per heavy atom. The van der Waals surface area contributed by atoms with E-state index in [-0.39, 0.29) is 68.4 Å². The fraction of sp³-hybridized carbons (Fsp3) is 0.417. The zero-order valence-corrected chi connectivity index (χ0v) is 37.7. The number of benzene rings is 2. The number of rotatable bonds is 16. The highest BCUT2D eigenvalue weighted by Crippen LogP contribution is 2.35. The zero-order valence-electron chi connectivity index (χ0n) is 37.7. The molecule has 0 saturated carbocycles. The maximum atomic E-state index is 14.3. The molecule has 8 rings (SSSR count). The third-order valence-corrected chi connectivity index (χ3v) is 12.3. The van der Waals surface area contributed by atoms with Crippen molar-refractivity contribution in [3.63, 3.8) is 0 Å². The number of hydrogen-bond acceptors (Lipinski definition) is 14. The molecule has 6 heterocycles. The van der Waals surface area contributed by atoms with Crippen LogP contribution in [0.2, 0.25) is 0 Å². The van der Waals surface area contributed by atoms with Crippen LogP contribution in [0.3, 0.4) is 0 Å². The van der Waals surface area contributed by atoms with Gasteiger partial charge in [-0.1, -0.05) is 74.5 Å². The van der Waals surface area contributed by atoms with E-state index >= 15 is 0 Å². The fourth-order valence-electron chi connectivity index (χ4n) is 8.80. The number of aromatic nitrogens is 4. The summed E-state index contributed by atoms with van der Waals surface area (Å²) in [5, 5.41) is 24.8. The molecule has 18 nitrogen and oxygen atoms in total. The lowest BCUT2D eigenvalue weighted by Crippen LogP contribution is -2.48. The Morgan fingerprint density at radius 3 is 1.79 bits per heavy atom. The molecule has 6 atom stereocenters. The van der Waals surface area contributed by atoms with Gasteiger partial charge in [0.2, 0.25) is 23.6 Å². The molecule has 66 heavy (non-hydrogen) atoms. The van der Waals surface area contributed by atoms with Crippen molar-refractivity contribution in [1.82, 2.24) is 40.7 Å². The molecule has 0 bridgehead atoms. The van der Waals surface area contributed by atoms with Crippen LogP contribution < -0.4 is 15.4 Å². The first-order chi connectivity index (χ1) is 31.8. The molecule has 0 spiro atoms. The number of ether oxygens (including phenoxy) is 1. The molecular weight excluding hydrogens is 849 g/mol. The van der Waals surface area contributed by atoms with Gasteiger partial charge in [0.1, 0.15) is 29.9 Å². The van der Waals surface area contributed by atoms with Crippen LogP contribution in [0.25, 0.3) is 22.6 Å². The van der Waals surface area contributed by atoms with Gasteiger partial charge in [0.15, 0.2) is 30.1 Å². The molecule has 2 aromatic carbocycles. The molecule has 18 heteroatoms. The van der Waals surface area contributed by atoms with Crippen LogP contribution in [0.5, 0.6) is 5.88 Å². The minimum Gasteiger partial charge on any atom is -0.470 e. The van der Waals surface area contributed by atoms with E-state index in [4.69, 9.17) is 22.6 Å². The number of likely N-dealkylation sites (tertiary alicyclic amines) is 2. The number of nitrogens with zero attached hydrogens (tertiary/aromatic N) is 6. The Kier molecular flexibility index (Phi) is 13.5. The van der Waals surface area contributed by atoms with Crippen molar-refractivity contribution in [2.75, 3.05) is 13.1 Å². The summed E-state index contributed by atoms with van der Waals surface area (Å²) < 4.78 is 28.6. The summed E-state index contributed by atoms with van der Waals surface area (Å²) in [6.45, 7) is 11.5. The average molecular weight is 903 g/mol. The summed E-state index contributed by atoms with van der Waals surface area (Å²) in [7, 11) is 0. The van der Waals surface area contributed by atoms with Crippen molar-refractivity contribution < 1.29 is 46.9 Å². The molecule has 0 unspecified atom stereocenters. The number of aliphatic hydroxyl groups excluding tert-OH is 1. The summed E-state index contributed by atoms with van der Waals surface area (Å²) in [5.74, 6) is -1.27. The van der Waals surface area contributed by atoms with Crippen molar-refractivity contribution in [2.24, 2.45) is 5.92 Å². The first-order valence-corrected chi connectivity index (χ1v) is 22.2. The van der Waals surface area contributed by atoms with E-state index < -0.39 is 47.9 Å². The Labute approximate surface area is 381 Å². The van der Waals surface area contributed by atoms with Crippen LogP contribution in [0.15, 0.2) is 91.3 Å². The standard InChI is InChI=1S/C48H54N8O10/c1-7-36(39-16-27(4)53-65-39)47(60)56-23-35(18-38(56)46(59)50-21-31-10-14-33(15-11-31)44-29(6)52-25-63-44)64-41-19-40(66-54-41)42(26(2)3)48(61)55-22-34(57)17-37(55)45(58)49-20-30-8-12-32(13-9-30)43-28(5)51-24-62-43/h8-16,19,24-26,34-38,42,57H,7,17-18,20-23H2,1-6H3,(H,49,58)(H,50,59)/t34-,35-,36-,37+,38+,42-/m1/s1. The minimum absolute atomic E-state index is 0.0294. The highest BCUT2D eigenvalue weighted by molar-refractivity contribution is 5.92. The van der Waals surface area contributed by atoms with Gasteiger partial charge in [0, 0.05) is 55.7 Å². The number of nitrogens with one attached hydrogen (secondary N) is 2. The predicted octanol–water partition coefficient (Wildman–Crippen LogP) is 5.77. The zero-order chi connectivity index (χ0) is 46.6. The van der Waals surface area contributed by atoms with E-state index in [9.17, 15) is 24.3 Å². The van der Waals surface area contributed by atoms with E-state index in [1.807, 2.05) is 83.1 Å². The Balaban J connectivity index is 0.935. The smallest absolute Gasteiger partial charge is 0.254 e. The second-order valence-corrected chi connectivity index (χ2v) is 17.4. The van der Waals surface area contributed by atoms with E-state index in [0.29, 0.717) is 29.4 Å². The first kappa shape index (κ1) is 45.5. The van der Waals surface area contributed by atoms with Crippen LogP contribution in [-0.2, 0) is 32.3 Å². The highest BCUT2D eigenvalue weighted by Gasteiger charge is 2.45. The predicted molar refractivity (Wildman–Crippen MR) is 236 cm³/mol. The van der Waals surface area contributed by atoms with Crippen molar-refractivity contribution in [3.8, 4) is 28.5 Å². The quantitative estimate of drug-likeness (QED) is 0.105. The Bertz CT molecular complexity index is 2650. The normalized spacial score (nSPS) is 19.3. The molecule has 346 valence electrons. The lowest BCUT2D eigenvalue weighted by Gasteiger charge is -2.28. The van der Waals surface area contributed by atoms with Gasteiger partial charge in [0.05, 0.1) is 35.6 Å². The van der Waals surface area contributed by atoms with E-state index in [2.05, 4.69) is 30.9 Å². The molecule has 2 aliphatic heterocycles. The molecule has 0 radical (unpaired) electrons. The lowest BCUT2D eigenvalue weighted by atomic mass is 9.91. The van der Waals surface area contributed by atoms with Crippen molar-refractivity contribution >= 4 is 23.6 Å². The number of β-amino-alcohol motifs (C(OH)–C–C–N with tert-alkyl or cyclic N) is 1. The van der Waals surface area contributed by atoms with Crippen molar-refractivity contribution in [3.05, 3.63) is 113 Å². The number of carbonyl (C=O) groups excluding carboxylic acids is 4. The lowest BCUT2D eigenvalue weighted by molar-refractivity contribution is -0.141. The summed E-state index contributed by atoms with van der Waals surface area (Å²) in [6, 6.07) is 16.6. The Morgan fingerprint density at radius 2 is 1.29 bits per heavy atom. The maximum absolute atomic E-state index is 14.3. The van der Waals surface area contributed by atoms with Crippen LogP contribution >= 0.6 is 0 Å². The molecule has 2 saturated heterocycles. The number of amides is 4. The summed E-state index contributed by atoms with van der Waals surface area (Å²) in [6.07, 6.45) is 1.86. The number of hydrogen-bond donors (Lipinski definition) is 3. The topological polar surface area (TPSA) is 232 Å². The van der Waals surface area contributed by atoms with Crippen LogP contribution in [0, 0.1) is 26.7 Å². The van der Waals surface area contributed by atoms with E-state index in [0.717, 1.165) is 33.6 Å². The molecular formula is C48H54N8O10. The second-order valence-electron chi connectivity index (χ2n) is 17.4. The van der Waals surface area contributed by atoms with Gasteiger partial charge < -0.3 is 48.2 Å². The fourth-order valence-corrected chi connectivity index (χ4v) is 8.80. The minimum atomic E-state index is -0.913. The average Bonchev–Trinajstić information content (AvgIpc) is 4.18. The number of aryl methyl sites for hydroxylation is 3. The van der Waals surface area contributed by atoms with Gasteiger partial charge in [-0.25, -0.2) is 9.97 Å². The van der Waals surface area contributed by atoms with E-state index in [1.165, 1.54) is 28.7 Å². The van der Waals surface area contributed by atoms with Gasteiger partial charge in [0.25, 0.3) is 5.88 Å².